The third-order valence-electron chi connectivity index (χ3n) is 0.899. The minimum absolute atomic E-state index is 0.0602. The van der Waals surface area contributed by atoms with E-state index < -0.39 is 0 Å². The molecule has 0 rings (SSSR count). The molecule has 0 aromatic carbocycles. The van der Waals surface area contributed by atoms with Gasteiger partial charge in [-0.1, -0.05) is 20.4 Å². The molecule has 0 aliphatic heterocycles. The van der Waals surface area contributed by atoms with Crippen molar-refractivity contribution in [3.63, 3.8) is 0 Å². The van der Waals surface area contributed by atoms with E-state index in [9.17, 15) is 4.79 Å². The first-order valence-electron chi connectivity index (χ1n) is 4.08. The summed E-state index contributed by atoms with van der Waals surface area (Å²) in [4.78, 5) is 10.3. The highest BCUT2D eigenvalue weighted by atomic mass is 16.5. The molecule has 0 saturated carbocycles. The number of rotatable bonds is 3. The molecule has 0 radical (unpaired) electrons. The van der Waals surface area contributed by atoms with Gasteiger partial charge in [0.1, 0.15) is 11.8 Å². The Labute approximate surface area is 79.0 Å². The van der Waals surface area contributed by atoms with Crippen LogP contribution in [0.25, 0.3) is 0 Å². The van der Waals surface area contributed by atoms with Crippen molar-refractivity contribution in [2.45, 2.75) is 26.7 Å². The number of hydrogen-bond acceptors (Lipinski definition) is 4. The molecule has 0 atom stereocenters. The van der Waals surface area contributed by atoms with Crippen LogP contribution in [0.1, 0.15) is 26.7 Å². The lowest BCUT2D eigenvalue weighted by molar-refractivity contribution is -0.143. The van der Waals surface area contributed by atoms with E-state index in [1.54, 1.807) is 13.0 Å². The molecule has 4 heteroatoms. The summed E-state index contributed by atoms with van der Waals surface area (Å²) >= 11 is 0. The van der Waals surface area contributed by atoms with E-state index in [0.717, 1.165) is 6.42 Å². The minimum atomic E-state index is -0.105. The first kappa shape index (κ1) is 14.0. The highest BCUT2D eigenvalue weighted by molar-refractivity contribution is 5.68. The third-order valence-corrected chi connectivity index (χ3v) is 0.899. The maximum Gasteiger partial charge on any atom is 0.305 e. The Bertz CT molecular complexity index is 194. The molecule has 0 unspecified atom stereocenters. The van der Waals surface area contributed by atoms with Crippen LogP contribution in [-0.4, -0.2) is 12.6 Å². The zero-order valence-corrected chi connectivity index (χ0v) is 8.17. The molecule has 74 valence electrons. The minimum Gasteiger partial charge on any atom is -0.466 e. The average molecular weight is 184 g/mol. The Hall–Kier alpha value is -1.50. The van der Waals surface area contributed by atoms with Crippen molar-refractivity contribution < 1.29 is 9.53 Å². The highest BCUT2D eigenvalue weighted by Gasteiger charge is 1.93. The number of nitrogens with zero attached hydrogens (tertiary/aromatic N) is 1. The van der Waals surface area contributed by atoms with Crippen LogP contribution in [0, 0.1) is 11.3 Å². The molecule has 13 heavy (non-hydrogen) atoms. The quantitative estimate of drug-likeness (QED) is 0.530. The summed E-state index contributed by atoms with van der Waals surface area (Å²) in [7, 11) is 0. The molecule has 0 amide bonds. The highest BCUT2D eigenvalue weighted by Crippen LogP contribution is 1.85. The van der Waals surface area contributed by atoms with Crippen LogP contribution in [0.15, 0.2) is 12.3 Å². The van der Waals surface area contributed by atoms with Crippen LogP contribution in [0.4, 0.5) is 0 Å². The molecule has 4 nitrogen and oxygen atoms in total. The molecule has 0 fully saturated rings. The van der Waals surface area contributed by atoms with Gasteiger partial charge in [0.2, 0.25) is 0 Å². The number of nitriles is 1. The lowest BCUT2D eigenvalue weighted by atomic mass is 10.5. The Morgan fingerprint density at radius 3 is 2.31 bits per heavy atom. The van der Waals surface area contributed by atoms with Gasteiger partial charge in [0.05, 0.1) is 6.61 Å². The Balaban J connectivity index is 0. The lowest BCUT2D eigenvalue weighted by Crippen LogP contribution is -2.02. The van der Waals surface area contributed by atoms with Gasteiger partial charge in [-0.25, -0.2) is 0 Å². The second kappa shape index (κ2) is 10.5. The number of ether oxygens (including phenoxy) is 1. The third kappa shape index (κ3) is 18.0. The summed E-state index contributed by atoms with van der Waals surface area (Å²) in [6, 6.07) is 1.61. The van der Waals surface area contributed by atoms with E-state index in [4.69, 9.17) is 15.7 Å². The zero-order chi connectivity index (χ0) is 10.7. The molecule has 0 aromatic heterocycles. The summed E-state index contributed by atoms with van der Waals surface area (Å²) in [5, 5.41) is 7.67. The van der Waals surface area contributed by atoms with Gasteiger partial charge < -0.3 is 10.5 Å². The van der Waals surface area contributed by atoms with E-state index >= 15 is 0 Å². The number of carbonyl (C=O) groups is 1. The van der Waals surface area contributed by atoms with E-state index in [1.807, 2.05) is 6.92 Å². The fourth-order valence-electron chi connectivity index (χ4n) is 0.318. The number of esters is 1. The summed E-state index contributed by atoms with van der Waals surface area (Å²) < 4.78 is 4.70. The average Bonchev–Trinajstić information content (AvgIpc) is 2.15. The zero-order valence-electron chi connectivity index (χ0n) is 8.17. The standard InChI is InChI=1S/C6H12O2.C3H4N2/c1-3-5-8-6(7)4-2;1-3(5)2-4/h3-5H2,1-2H3;1,5H2. The molecule has 0 bridgehead atoms. The van der Waals surface area contributed by atoms with Gasteiger partial charge in [-0.05, 0) is 6.42 Å². The van der Waals surface area contributed by atoms with Gasteiger partial charge in [0, 0.05) is 6.42 Å². The van der Waals surface area contributed by atoms with Crippen molar-refractivity contribution in [3.05, 3.63) is 12.3 Å². The topological polar surface area (TPSA) is 76.1 Å². The van der Waals surface area contributed by atoms with Crippen LogP contribution in [0.2, 0.25) is 0 Å². The van der Waals surface area contributed by atoms with Crippen LogP contribution in [-0.2, 0) is 9.53 Å². The van der Waals surface area contributed by atoms with E-state index in [2.05, 4.69) is 6.58 Å². The van der Waals surface area contributed by atoms with Crippen LogP contribution < -0.4 is 5.73 Å². The largest absolute Gasteiger partial charge is 0.466 e. The number of allylic oxidation sites excluding steroid dienone is 1. The van der Waals surface area contributed by atoms with Crippen LogP contribution in [0.3, 0.4) is 0 Å². The van der Waals surface area contributed by atoms with Crippen molar-refractivity contribution in [2.75, 3.05) is 6.61 Å². The van der Waals surface area contributed by atoms with E-state index in [1.165, 1.54) is 0 Å². The molecule has 2 N–H and O–H groups in total. The van der Waals surface area contributed by atoms with Gasteiger partial charge in [0.25, 0.3) is 0 Å². The number of carbonyl (C=O) groups excluding carboxylic acids is 1. The van der Waals surface area contributed by atoms with Gasteiger partial charge in [0.15, 0.2) is 0 Å². The fraction of sp³-hybridized carbons (Fsp3) is 0.556. The van der Waals surface area contributed by atoms with Gasteiger partial charge in [-0.15, -0.1) is 0 Å². The van der Waals surface area contributed by atoms with Crippen molar-refractivity contribution in [1.29, 1.82) is 5.26 Å². The molecule has 0 aliphatic carbocycles. The first-order chi connectivity index (χ1) is 6.08. The molecule has 0 aromatic rings. The predicted octanol–water partition coefficient (Wildman–Crippen LogP) is 1.33. The molecule has 0 aliphatic rings. The van der Waals surface area contributed by atoms with Crippen molar-refractivity contribution in [2.24, 2.45) is 5.73 Å². The van der Waals surface area contributed by atoms with Crippen LogP contribution in [0.5, 0.6) is 0 Å². The van der Waals surface area contributed by atoms with Gasteiger partial charge >= 0.3 is 5.97 Å². The predicted molar refractivity (Wildman–Crippen MR) is 50.5 cm³/mol. The first-order valence-corrected chi connectivity index (χ1v) is 4.08. The fourth-order valence-corrected chi connectivity index (χ4v) is 0.318. The maximum absolute atomic E-state index is 10.3. The smallest absolute Gasteiger partial charge is 0.305 e. The second-order valence-electron chi connectivity index (χ2n) is 2.21. The molecular formula is C9H16N2O2. The van der Waals surface area contributed by atoms with Crippen LogP contribution >= 0.6 is 0 Å². The molecule has 0 saturated heterocycles. The van der Waals surface area contributed by atoms with E-state index in [-0.39, 0.29) is 11.7 Å². The number of hydrogen-bond donors (Lipinski definition) is 1. The monoisotopic (exact) mass is 184 g/mol. The SMILES string of the molecule is C=C(N)C#N.CCCOC(=O)CC. The second-order valence-corrected chi connectivity index (χ2v) is 2.21. The van der Waals surface area contributed by atoms with Crippen molar-refractivity contribution >= 4 is 5.97 Å². The Morgan fingerprint density at radius 2 is 2.08 bits per heavy atom. The Kier molecular flexibility index (Phi) is 11.3. The number of nitrogens with two attached hydrogens (primary N) is 1. The molecule has 0 heterocycles. The molecular weight excluding hydrogens is 168 g/mol. The van der Waals surface area contributed by atoms with Gasteiger partial charge in [-0.2, -0.15) is 5.26 Å². The summed E-state index contributed by atoms with van der Waals surface area (Å²) in [6.07, 6.45) is 1.39. The van der Waals surface area contributed by atoms with Gasteiger partial charge in [-0.3, -0.25) is 4.79 Å². The molecule has 0 spiro atoms. The summed E-state index contributed by atoms with van der Waals surface area (Å²) in [6.45, 7) is 7.42. The van der Waals surface area contributed by atoms with E-state index in [0.29, 0.717) is 13.0 Å². The lowest BCUT2D eigenvalue weighted by Gasteiger charge is -1.97. The van der Waals surface area contributed by atoms with Crippen molar-refractivity contribution in [1.82, 2.24) is 0 Å². The Morgan fingerprint density at radius 1 is 1.62 bits per heavy atom. The normalized spacial score (nSPS) is 7.46. The van der Waals surface area contributed by atoms with Crippen molar-refractivity contribution in [3.8, 4) is 6.07 Å². The summed E-state index contributed by atoms with van der Waals surface area (Å²) in [5.41, 5.74) is 4.80. The maximum atomic E-state index is 10.3. The summed E-state index contributed by atoms with van der Waals surface area (Å²) in [5.74, 6) is -0.105.